The molecule has 1 saturated carbocycles. The Morgan fingerprint density at radius 3 is 2.87 bits per heavy atom. The highest BCUT2D eigenvalue weighted by Gasteiger charge is 2.46. The van der Waals surface area contributed by atoms with Crippen molar-refractivity contribution < 1.29 is 24.9 Å². The summed E-state index contributed by atoms with van der Waals surface area (Å²) in [6, 6.07) is -0.675. The first kappa shape index (κ1) is 22.2. The van der Waals surface area contributed by atoms with E-state index in [-0.39, 0.29) is 16.7 Å². The number of carbonyl (C=O) groups is 1. The second-order valence-electron chi connectivity index (χ2n) is 8.29. The molecule has 0 radical (unpaired) electrons. The van der Waals surface area contributed by atoms with Crippen molar-refractivity contribution in [2.24, 2.45) is 5.92 Å². The van der Waals surface area contributed by atoms with Gasteiger partial charge in [-0.25, -0.2) is 15.0 Å². The standard InChI is InChI=1S/C19H28N6O5S/c1-31(5-4-11(19(28)29)21-6-10-2-3-10)7-12-14(26)15(27)18(30-12)25-9-24-13-16(20)22-8-23-17(13)25/h8-12,14-15,18,21,26-27H,2-7H2,1H3,(H2-,20,22,23,28,29)/t11-,12+,14+,15+,18+,31?/m0/s1. The molecule has 2 aliphatic rings. The van der Waals surface area contributed by atoms with Crippen molar-refractivity contribution >= 4 is 33.8 Å². The minimum absolute atomic E-state index is 0.222. The molecule has 0 aromatic carbocycles. The van der Waals surface area contributed by atoms with Crippen LogP contribution in [-0.4, -0.2) is 84.4 Å². The van der Waals surface area contributed by atoms with Gasteiger partial charge in [0.05, 0.1) is 24.6 Å². The zero-order valence-electron chi connectivity index (χ0n) is 17.3. The molecular formula is C19H28N6O5S. The molecule has 1 aliphatic heterocycles. The fourth-order valence-corrected chi connectivity index (χ4v) is 5.41. The zero-order chi connectivity index (χ0) is 22.1. The topological polar surface area (TPSA) is 171 Å². The van der Waals surface area contributed by atoms with E-state index in [2.05, 4.69) is 20.3 Å². The first-order valence-corrected chi connectivity index (χ1v) is 12.3. The smallest absolute Gasteiger partial charge is 0.167 e. The maximum Gasteiger partial charge on any atom is 0.167 e. The predicted molar refractivity (Wildman–Crippen MR) is 113 cm³/mol. The van der Waals surface area contributed by atoms with Gasteiger partial charge in [-0.05, 0) is 36.2 Å². The van der Waals surface area contributed by atoms with E-state index in [1.54, 1.807) is 4.57 Å². The summed E-state index contributed by atoms with van der Waals surface area (Å²) in [6.45, 7) is 0.710. The number of aliphatic carboxylic acids is 1. The number of rotatable bonds is 10. The third-order valence-electron chi connectivity index (χ3n) is 5.84. The molecule has 0 spiro atoms. The Bertz CT molecular complexity index is 924. The molecule has 12 heteroatoms. The number of nitrogens with zero attached hydrogens (tertiary/aromatic N) is 4. The van der Waals surface area contributed by atoms with E-state index in [4.69, 9.17) is 10.5 Å². The van der Waals surface area contributed by atoms with E-state index in [1.807, 2.05) is 6.26 Å². The van der Waals surface area contributed by atoms with E-state index in [9.17, 15) is 20.1 Å². The third-order valence-corrected chi connectivity index (χ3v) is 7.67. The van der Waals surface area contributed by atoms with Crippen molar-refractivity contribution in [1.29, 1.82) is 0 Å². The lowest BCUT2D eigenvalue weighted by Crippen LogP contribution is -2.47. The molecule has 0 amide bonds. The van der Waals surface area contributed by atoms with Crippen LogP contribution in [0.3, 0.4) is 0 Å². The Morgan fingerprint density at radius 1 is 1.39 bits per heavy atom. The average molecular weight is 453 g/mol. The van der Waals surface area contributed by atoms with Gasteiger partial charge < -0.3 is 35.9 Å². The fourth-order valence-electron chi connectivity index (χ4n) is 3.77. The van der Waals surface area contributed by atoms with Crippen LogP contribution in [0.1, 0.15) is 25.5 Å². The number of anilines is 1. The van der Waals surface area contributed by atoms with Gasteiger partial charge in [-0.1, -0.05) is 0 Å². The van der Waals surface area contributed by atoms with Gasteiger partial charge in [-0.2, -0.15) is 0 Å². The van der Waals surface area contributed by atoms with Crippen LogP contribution in [0, 0.1) is 5.92 Å². The lowest BCUT2D eigenvalue weighted by Gasteiger charge is -2.20. The van der Waals surface area contributed by atoms with Gasteiger partial charge in [-0.3, -0.25) is 4.57 Å². The Balaban J connectivity index is 1.35. The lowest BCUT2D eigenvalue weighted by molar-refractivity contribution is -0.308. The molecule has 2 fully saturated rings. The van der Waals surface area contributed by atoms with E-state index in [0.717, 1.165) is 12.8 Å². The second kappa shape index (κ2) is 9.25. The Hall–Kier alpha value is -1.99. The molecule has 6 atom stereocenters. The van der Waals surface area contributed by atoms with Crippen molar-refractivity contribution in [2.75, 3.05) is 30.0 Å². The highest BCUT2D eigenvalue weighted by molar-refractivity contribution is 7.96. The predicted octanol–water partition coefficient (Wildman–Crippen LogP) is -2.22. The number of fused-ring (bicyclic) bond motifs is 1. The van der Waals surface area contributed by atoms with E-state index in [1.165, 1.54) is 12.7 Å². The quantitative estimate of drug-likeness (QED) is 0.289. The van der Waals surface area contributed by atoms with Crippen molar-refractivity contribution in [3.63, 3.8) is 0 Å². The van der Waals surface area contributed by atoms with Crippen molar-refractivity contribution in [2.45, 2.75) is 49.8 Å². The molecule has 5 N–H and O–H groups in total. The summed E-state index contributed by atoms with van der Waals surface area (Å²) in [6.07, 6.45) is 3.83. The Labute approximate surface area is 182 Å². The van der Waals surface area contributed by atoms with Gasteiger partial charge in [0.25, 0.3) is 0 Å². The van der Waals surface area contributed by atoms with Crippen LogP contribution in [0.5, 0.6) is 0 Å². The summed E-state index contributed by atoms with van der Waals surface area (Å²) < 4.78 is 7.52. The van der Waals surface area contributed by atoms with Crippen LogP contribution in [0.25, 0.3) is 11.2 Å². The maximum absolute atomic E-state index is 11.4. The van der Waals surface area contributed by atoms with Crippen LogP contribution < -0.4 is 16.2 Å². The number of nitrogens with two attached hydrogens (primary N) is 1. The Kier molecular flexibility index (Phi) is 6.63. The number of carboxylic acids is 1. The summed E-state index contributed by atoms with van der Waals surface area (Å²) in [4.78, 5) is 23.6. The van der Waals surface area contributed by atoms with Gasteiger partial charge >= 0.3 is 0 Å². The van der Waals surface area contributed by atoms with Gasteiger partial charge in [0.2, 0.25) is 0 Å². The fraction of sp³-hybridized carbons (Fsp3) is 0.684. The van der Waals surface area contributed by atoms with Crippen molar-refractivity contribution in [3.8, 4) is 0 Å². The zero-order valence-corrected chi connectivity index (χ0v) is 18.1. The van der Waals surface area contributed by atoms with Crippen LogP contribution in [-0.2, 0) is 20.4 Å². The molecule has 2 aromatic heterocycles. The normalized spacial score (nSPS) is 28.1. The molecule has 11 nitrogen and oxygen atoms in total. The number of carboxylic acid groups (broad SMARTS) is 1. The molecule has 1 saturated heterocycles. The summed E-state index contributed by atoms with van der Waals surface area (Å²) in [7, 11) is -0.222. The lowest BCUT2D eigenvalue weighted by atomic mass is 10.1. The van der Waals surface area contributed by atoms with E-state index >= 15 is 0 Å². The molecule has 31 heavy (non-hydrogen) atoms. The minimum atomic E-state index is -1.16. The number of aliphatic hydroxyl groups excluding tert-OH is 2. The maximum atomic E-state index is 11.4. The summed E-state index contributed by atoms with van der Waals surface area (Å²) >= 11 is 0. The number of carbonyl (C=O) groups excluding carboxylic acids is 1. The molecular weight excluding hydrogens is 424 g/mol. The first-order chi connectivity index (χ1) is 14.8. The number of ether oxygens (including phenoxy) is 1. The van der Waals surface area contributed by atoms with Gasteiger partial charge in [0, 0.05) is 6.42 Å². The van der Waals surface area contributed by atoms with E-state index in [0.29, 0.717) is 41.6 Å². The molecule has 0 bridgehead atoms. The summed E-state index contributed by atoms with van der Waals surface area (Å²) in [5.41, 5.74) is 6.63. The number of imidazole rings is 1. The van der Waals surface area contributed by atoms with Crippen LogP contribution >= 0.6 is 0 Å². The van der Waals surface area contributed by atoms with Crippen LogP contribution in [0.15, 0.2) is 12.7 Å². The highest BCUT2D eigenvalue weighted by Crippen LogP contribution is 2.32. The molecule has 2 aromatic rings. The van der Waals surface area contributed by atoms with Gasteiger partial charge in [0.15, 0.2) is 17.7 Å². The monoisotopic (exact) mass is 452 g/mol. The van der Waals surface area contributed by atoms with Crippen molar-refractivity contribution in [1.82, 2.24) is 24.8 Å². The molecule has 1 aliphatic carbocycles. The summed E-state index contributed by atoms with van der Waals surface area (Å²) in [5.74, 6) is 0.879. The molecule has 3 heterocycles. The first-order valence-electron chi connectivity index (χ1n) is 10.3. The number of nitrogen functional groups attached to an aromatic ring is 1. The third kappa shape index (κ3) is 4.93. The van der Waals surface area contributed by atoms with Crippen LogP contribution in [0.2, 0.25) is 0 Å². The van der Waals surface area contributed by atoms with E-state index < -0.39 is 36.6 Å². The number of hydrogen-bond acceptors (Lipinski definition) is 10. The highest BCUT2D eigenvalue weighted by atomic mass is 32.2. The molecule has 1 unspecified atom stereocenters. The molecule has 170 valence electrons. The van der Waals surface area contributed by atoms with Crippen LogP contribution in [0.4, 0.5) is 5.82 Å². The van der Waals surface area contributed by atoms with Gasteiger partial charge in [0.1, 0.15) is 41.7 Å². The number of aromatic nitrogens is 4. The number of hydrogen-bond donors (Lipinski definition) is 4. The largest absolute Gasteiger partial charge is 0.548 e. The SMILES string of the molecule is C[S+](CC[C@H](NCC1CC1)C(=O)[O-])C[C@H]1O[C@@H](n2cnc3c(N)ncnc32)[C@H](O)[C@@H]1O. The second-order valence-corrected chi connectivity index (χ2v) is 10.6. The number of aliphatic hydroxyl groups is 2. The van der Waals surface area contributed by atoms with Crippen molar-refractivity contribution in [3.05, 3.63) is 12.7 Å². The Morgan fingerprint density at radius 2 is 2.16 bits per heavy atom. The average Bonchev–Trinajstić information content (AvgIpc) is 3.40. The van der Waals surface area contributed by atoms with Gasteiger partial charge in [-0.15, -0.1) is 0 Å². The molecule has 4 rings (SSSR count). The number of nitrogens with one attached hydrogen (secondary N) is 1. The minimum Gasteiger partial charge on any atom is -0.548 e. The summed E-state index contributed by atoms with van der Waals surface area (Å²) in [5, 5.41) is 35.6.